The first-order valence-electron chi connectivity index (χ1n) is 8.69. The Kier molecular flexibility index (Phi) is 5.59. The molecule has 0 aliphatic carbocycles. The van der Waals surface area contributed by atoms with E-state index in [1.807, 2.05) is 0 Å². The standard InChI is InChI=1S/C20H16F4N4O2/c1-11(12-7-13(20(22,23)24)9-15(25)8-12)26-19(30)17-5-6-18(29)28(27-17)16-4-2-3-14(21)10-16/h2-11H,25H2,1H3,(H,26,30)/t11-/m1/s1. The molecule has 0 spiro atoms. The van der Waals surface area contributed by atoms with Gasteiger partial charge in [-0.05, 0) is 55.0 Å². The summed E-state index contributed by atoms with van der Waals surface area (Å²) in [4.78, 5) is 24.6. The molecule has 0 radical (unpaired) electrons. The molecule has 10 heteroatoms. The summed E-state index contributed by atoms with van der Waals surface area (Å²) in [6, 6.07) is 9.51. The third-order valence-electron chi connectivity index (χ3n) is 4.24. The van der Waals surface area contributed by atoms with Crippen molar-refractivity contribution in [1.29, 1.82) is 0 Å². The highest BCUT2D eigenvalue weighted by Gasteiger charge is 2.31. The molecule has 3 rings (SSSR count). The molecular formula is C20H16F4N4O2. The van der Waals surface area contributed by atoms with E-state index in [0.29, 0.717) is 0 Å². The number of alkyl halides is 3. The molecule has 30 heavy (non-hydrogen) atoms. The van der Waals surface area contributed by atoms with Crippen molar-refractivity contribution in [2.45, 2.75) is 19.1 Å². The van der Waals surface area contributed by atoms with Gasteiger partial charge in [0.1, 0.15) is 11.5 Å². The van der Waals surface area contributed by atoms with Gasteiger partial charge in [-0.25, -0.2) is 4.39 Å². The van der Waals surface area contributed by atoms with Gasteiger partial charge in [0.2, 0.25) is 0 Å². The average molecular weight is 420 g/mol. The number of nitrogens with one attached hydrogen (secondary N) is 1. The molecule has 1 aromatic heterocycles. The third-order valence-corrected chi connectivity index (χ3v) is 4.24. The van der Waals surface area contributed by atoms with Crippen LogP contribution in [0.3, 0.4) is 0 Å². The molecule has 1 amide bonds. The van der Waals surface area contributed by atoms with Crippen molar-refractivity contribution >= 4 is 11.6 Å². The molecule has 0 saturated heterocycles. The average Bonchev–Trinajstić information content (AvgIpc) is 2.67. The molecule has 0 aliphatic heterocycles. The first-order chi connectivity index (χ1) is 14.0. The van der Waals surface area contributed by atoms with Crippen LogP contribution >= 0.6 is 0 Å². The van der Waals surface area contributed by atoms with Crippen LogP contribution in [0.4, 0.5) is 23.2 Å². The van der Waals surface area contributed by atoms with Gasteiger partial charge in [0.05, 0.1) is 17.3 Å². The molecule has 0 aliphatic rings. The van der Waals surface area contributed by atoms with E-state index in [9.17, 15) is 27.2 Å². The van der Waals surface area contributed by atoms with E-state index >= 15 is 0 Å². The Morgan fingerprint density at radius 2 is 1.87 bits per heavy atom. The molecule has 0 bridgehead atoms. The number of nitrogen functional groups attached to an aromatic ring is 1. The highest BCUT2D eigenvalue weighted by atomic mass is 19.4. The predicted molar refractivity (Wildman–Crippen MR) is 102 cm³/mol. The van der Waals surface area contributed by atoms with E-state index < -0.39 is 35.1 Å². The van der Waals surface area contributed by atoms with Gasteiger partial charge in [0.25, 0.3) is 11.5 Å². The molecule has 156 valence electrons. The first kappa shape index (κ1) is 21.0. The van der Waals surface area contributed by atoms with Gasteiger partial charge in [0.15, 0.2) is 0 Å². The van der Waals surface area contributed by atoms with Crippen molar-refractivity contribution in [1.82, 2.24) is 15.1 Å². The summed E-state index contributed by atoms with van der Waals surface area (Å²) in [7, 11) is 0. The number of aromatic nitrogens is 2. The van der Waals surface area contributed by atoms with Gasteiger partial charge in [-0.15, -0.1) is 0 Å². The number of hydrogen-bond acceptors (Lipinski definition) is 4. The number of amides is 1. The van der Waals surface area contributed by atoms with E-state index in [0.717, 1.165) is 28.9 Å². The lowest BCUT2D eigenvalue weighted by molar-refractivity contribution is -0.137. The van der Waals surface area contributed by atoms with Crippen LogP contribution in [-0.2, 0) is 6.18 Å². The highest BCUT2D eigenvalue weighted by Crippen LogP contribution is 2.32. The number of nitrogens with two attached hydrogens (primary N) is 1. The maximum atomic E-state index is 13.4. The Balaban J connectivity index is 1.87. The number of nitrogens with zero attached hydrogens (tertiary/aromatic N) is 2. The summed E-state index contributed by atoms with van der Waals surface area (Å²) in [5, 5.41) is 6.44. The molecule has 0 fully saturated rings. The van der Waals surface area contributed by atoms with Crippen LogP contribution in [0.15, 0.2) is 59.4 Å². The predicted octanol–water partition coefficient (Wildman–Crippen LogP) is 3.46. The van der Waals surface area contributed by atoms with Gasteiger partial charge >= 0.3 is 6.18 Å². The SMILES string of the molecule is C[C@@H](NC(=O)c1ccc(=O)n(-c2cccc(F)c2)n1)c1cc(N)cc(C(F)(F)F)c1. The fourth-order valence-corrected chi connectivity index (χ4v) is 2.77. The Morgan fingerprint density at radius 3 is 2.53 bits per heavy atom. The maximum absolute atomic E-state index is 13.4. The highest BCUT2D eigenvalue weighted by molar-refractivity contribution is 5.92. The smallest absolute Gasteiger partial charge is 0.399 e. The van der Waals surface area contributed by atoms with Gasteiger partial charge in [-0.1, -0.05) is 6.07 Å². The molecule has 6 nitrogen and oxygen atoms in total. The zero-order valence-corrected chi connectivity index (χ0v) is 15.6. The lowest BCUT2D eigenvalue weighted by Gasteiger charge is -2.17. The zero-order chi connectivity index (χ0) is 22.1. The minimum atomic E-state index is -4.59. The van der Waals surface area contributed by atoms with Crippen molar-refractivity contribution in [3.05, 3.63) is 87.6 Å². The summed E-state index contributed by atoms with van der Waals surface area (Å²) < 4.78 is 53.3. The van der Waals surface area contributed by atoms with Crippen molar-refractivity contribution in [3.63, 3.8) is 0 Å². The number of carbonyl (C=O) groups excluding carboxylic acids is 1. The maximum Gasteiger partial charge on any atom is 0.416 e. The number of hydrogen-bond donors (Lipinski definition) is 2. The van der Waals surface area contributed by atoms with Crippen LogP contribution in [0.1, 0.15) is 34.6 Å². The van der Waals surface area contributed by atoms with Gasteiger partial charge in [-0.2, -0.15) is 23.0 Å². The first-order valence-corrected chi connectivity index (χ1v) is 8.69. The van der Waals surface area contributed by atoms with Crippen molar-refractivity contribution < 1.29 is 22.4 Å². The lowest BCUT2D eigenvalue weighted by Crippen LogP contribution is -2.30. The minimum absolute atomic E-state index is 0.0984. The van der Waals surface area contributed by atoms with Crippen LogP contribution in [-0.4, -0.2) is 15.7 Å². The van der Waals surface area contributed by atoms with E-state index in [2.05, 4.69) is 10.4 Å². The van der Waals surface area contributed by atoms with E-state index in [1.54, 1.807) is 0 Å². The molecule has 1 atom stereocenters. The van der Waals surface area contributed by atoms with Crippen LogP contribution in [0.25, 0.3) is 5.69 Å². The number of anilines is 1. The molecule has 0 unspecified atom stereocenters. The zero-order valence-electron chi connectivity index (χ0n) is 15.6. The molecular weight excluding hydrogens is 404 g/mol. The molecule has 3 N–H and O–H groups in total. The number of rotatable bonds is 4. The Hall–Kier alpha value is -3.69. The van der Waals surface area contributed by atoms with Crippen LogP contribution < -0.4 is 16.6 Å². The van der Waals surface area contributed by atoms with Gasteiger partial charge in [-0.3, -0.25) is 9.59 Å². The second kappa shape index (κ2) is 7.97. The second-order valence-electron chi connectivity index (χ2n) is 6.53. The lowest BCUT2D eigenvalue weighted by atomic mass is 10.0. The summed E-state index contributed by atoms with van der Waals surface area (Å²) >= 11 is 0. The van der Waals surface area contributed by atoms with Crippen molar-refractivity contribution in [2.24, 2.45) is 0 Å². The van der Waals surface area contributed by atoms with Crippen molar-refractivity contribution in [3.8, 4) is 5.69 Å². The summed E-state index contributed by atoms with van der Waals surface area (Å²) in [6.45, 7) is 1.48. The largest absolute Gasteiger partial charge is 0.416 e. The summed E-state index contributed by atoms with van der Waals surface area (Å²) in [5.41, 5.74) is 4.03. The van der Waals surface area contributed by atoms with Crippen LogP contribution in [0.5, 0.6) is 0 Å². The van der Waals surface area contributed by atoms with Crippen LogP contribution in [0.2, 0.25) is 0 Å². The number of halogens is 4. The fourth-order valence-electron chi connectivity index (χ4n) is 2.77. The monoisotopic (exact) mass is 420 g/mol. The third kappa shape index (κ3) is 4.65. The van der Waals surface area contributed by atoms with Gasteiger partial charge < -0.3 is 11.1 Å². The van der Waals surface area contributed by atoms with Gasteiger partial charge in [0, 0.05) is 11.8 Å². The number of carbonyl (C=O) groups is 1. The molecule has 1 heterocycles. The second-order valence-corrected chi connectivity index (χ2v) is 6.53. The topological polar surface area (TPSA) is 90.0 Å². The molecule has 3 aromatic rings. The van der Waals surface area contributed by atoms with E-state index in [-0.39, 0.29) is 22.6 Å². The normalized spacial score (nSPS) is 12.4. The van der Waals surface area contributed by atoms with Crippen LogP contribution in [0, 0.1) is 5.82 Å². The summed E-state index contributed by atoms with van der Waals surface area (Å²) in [6.07, 6.45) is -4.59. The minimum Gasteiger partial charge on any atom is -0.399 e. The molecule has 2 aromatic carbocycles. The molecule has 0 saturated carbocycles. The summed E-state index contributed by atoms with van der Waals surface area (Å²) in [5.74, 6) is -1.32. The Morgan fingerprint density at radius 1 is 1.13 bits per heavy atom. The van der Waals surface area contributed by atoms with E-state index in [4.69, 9.17) is 5.73 Å². The van der Waals surface area contributed by atoms with Crippen molar-refractivity contribution in [2.75, 3.05) is 5.73 Å². The Bertz CT molecular complexity index is 1160. The fraction of sp³-hybridized carbons (Fsp3) is 0.150. The quantitative estimate of drug-likeness (QED) is 0.500. The number of benzene rings is 2. The van der Waals surface area contributed by atoms with E-state index in [1.165, 1.54) is 37.3 Å². The Labute approximate surface area is 167 Å².